The van der Waals surface area contributed by atoms with Crippen LogP contribution in [-0.2, 0) is 9.53 Å². The highest BCUT2D eigenvalue weighted by molar-refractivity contribution is 5.85. The summed E-state index contributed by atoms with van der Waals surface area (Å²) in [6.45, 7) is 3.24. The van der Waals surface area contributed by atoms with Crippen LogP contribution in [0.4, 0.5) is 8.78 Å². The molecule has 1 aromatic carbocycles. The lowest BCUT2D eigenvalue weighted by atomic mass is 10.1. The highest BCUT2D eigenvalue weighted by Crippen LogP contribution is 2.16. The topological polar surface area (TPSA) is 50.4 Å². The molecule has 1 aromatic rings. The van der Waals surface area contributed by atoms with Crippen LogP contribution in [0, 0.1) is 11.6 Å². The van der Waals surface area contributed by atoms with Crippen LogP contribution in [0.3, 0.4) is 0 Å². The Hall–Kier alpha value is -1.24. The molecule has 4 nitrogen and oxygen atoms in total. The first-order valence-electron chi connectivity index (χ1n) is 6.14. The molecule has 2 N–H and O–H groups in total. The number of ether oxygens (including phenoxy) is 1. The van der Waals surface area contributed by atoms with Gasteiger partial charge in [-0.05, 0) is 24.6 Å². The smallest absolute Gasteiger partial charge is 0.240 e. The van der Waals surface area contributed by atoms with E-state index in [1.807, 2.05) is 0 Å². The van der Waals surface area contributed by atoms with Gasteiger partial charge in [-0.1, -0.05) is 6.07 Å². The van der Waals surface area contributed by atoms with Gasteiger partial charge in [-0.2, -0.15) is 0 Å². The van der Waals surface area contributed by atoms with Crippen LogP contribution in [-0.4, -0.2) is 31.7 Å². The molecule has 1 aliphatic heterocycles. The quantitative estimate of drug-likeness (QED) is 0.891. The van der Waals surface area contributed by atoms with Crippen molar-refractivity contribution in [1.29, 1.82) is 0 Å². The van der Waals surface area contributed by atoms with E-state index in [2.05, 4.69) is 10.6 Å². The van der Waals surface area contributed by atoms with Crippen LogP contribution in [0.15, 0.2) is 18.2 Å². The van der Waals surface area contributed by atoms with Crippen LogP contribution >= 0.6 is 12.4 Å². The standard InChI is InChI=1S/C13H16F2N2O2.ClH/c1-8(9-2-3-10(14)11(15)6-9)17-13(18)12-7-19-5-4-16-12;/h2-3,6,8,12,16H,4-5,7H2,1H3,(H,17,18);1H. The van der Waals surface area contributed by atoms with E-state index in [4.69, 9.17) is 4.74 Å². The number of carbonyl (C=O) groups excluding carboxylic acids is 1. The Labute approximate surface area is 122 Å². The molecule has 0 spiro atoms. The van der Waals surface area contributed by atoms with E-state index in [9.17, 15) is 13.6 Å². The van der Waals surface area contributed by atoms with Crippen LogP contribution in [0.25, 0.3) is 0 Å². The van der Waals surface area contributed by atoms with Gasteiger partial charge >= 0.3 is 0 Å². The summed E-state index contributed by atoms with van der Waals surface area (Å²) in [5, 5.41) is 5.77. The number of hydrogen-bond donors (Lipinski definition) is 2. The zero-order chi connectivity index (χ0) is 13.8. The molecule has 2 unspecified atom stereocenters. The van der Waals surface area contributed by atoms with Crippen molar-refractivity contribution in [2.45, 2.75) is 19.0 Å². The molecule has 1 amide bonds. The molecule has 7 heteroatoms. The van der Waals surface area contributed by atoms with Crippen molar-refractivity contribution in [2.75, 3.05) is 19.8 Å². The molecule has 0 radical (unpaired) electrons. The number of morpholine rings is 1. The van der Waals surface area contributed by atoms with Gasteiger partial charge in [0.05, 0.1) is 19.3 Å². The lowest BCUT2D eigenvalue weighted by Gasteiger charge is -2.25. The number of carbonyl (C=O) groups is 1. The molecule has 0 aliphatic carbocycles. The monoisotopic (exact) mass is 306 g/mol. The third kappa shape index (κ3) is 4.13. The maximum Gasteiger partial charge on any atom is 0.240 e. The molecule has 0 saturated carbocycles. The summed E-state index contributed by atoms with van der Waals surface area (Å²) < 4.78 is 31.1. The minimum absolute atomic E-state index is 0. The number of rotatable bonds is 3. The van der Waals surface area contributed by atoms with Gasteiger partial charge in [0.2, 0.25) is 5.91 Å². The van der Waals surface area contributed by atoms with E-state index in [0.717, 1.165) is 12.1 Å². The maximum atomic E-state index is 13.1. The molecule has 2 rings (SSSR count). The first-order chi connectivity index (χ1) is 9.08. The molecule has 2 atom stereocenters. The van der Waals surface area contributed by atoms with E-state index in [1.165, 1.54) is 6.07 Å². The van der Waals surface area contributed by atoms with Gasteiger partial charge in [-0.3, -0.25) is 4.79 Å². The zero-order valence-electron chi connectivity index (χ0n) is 11.0. The van der Waals surface area contributed by atoms with Gasteiger partial charge in [-0.25, -0.2) is 8.78 Å². The number of amides is 1. The van der Waals surface area contributed by atoms with Crippen molar-refractivity contribution in [3.63, 3.8) is 0 Å². The fourth-order valence-electron chi connectivity index (χ4n) is 1.91. The summed E-state index contributed by atoms with van der Waals surface area (Å²) in [7, 11) is 0. The second-order valence-electron chi connectivity index (χ2n) is 4.49. The van der Waals surface area contributed by atoms with Crippen LogP contribution in [0.1, 0.15) is 18.5 Å². The number of benzene rings is 1. The zero-order valence-corrected chi connectivity index (χ0v) is 11.8. The average molecular weight is 307 g/mol. The number of nitrogens with one attached hydrogen (secondary N) is 2. The second-order valence-corrected chi connectivity index (χ2v) is 4.49. The Morgan fingerprint density at radius 3 is 2.80 bits per heavy atom. The molecule has 0 bridgehead atoms. The number of halogens is 3. The van der Waals surface area contributed by atoms with Crippen molar-refractivity contribution < 1.29 is 18.3 Å². The largest absolute Gasteiger partial charge is 0.378 e. The molecule has 1 heterocycles. The first-order valence-corrected chi connectivity index (χ1v) is 6.14. The third-order valence-electron chi connectivity index (χ3n) is 3.04. The maximum absolute atomic E-state index is 13.1. The van der Waals surface area contributed by atoms with Crippen LogP contribution in [0.5, 0.6) is 0 Å². The first kappa shape index (κ1) is 16.8. The second kappa shape index (κ2) is 7.52. The summed E-state index contributed by atoms with van der Waals surface area (Å²) in [6.07, 6.45) is 0. The Kier molecular flexibility index (Phi) is 6.32. The molecule has 1 saturated heterocycles. The Morgan fingerprint density at radius 2 is 2.20 bits per heavy atom. The Morgan fingerprint density at radius 1 is 1.45 bits per heavy atom. The lowest BCUT2D eigenvalue weighted by molar-refractivity contribution is -0.126. The van der Waals surface area contributed by atoms with Crippen molar-refractivity contribution in [1.82, 2.24) is 10.6 Å². The molecule has 112 valence electrons. The van der Waals surface area contributed by atoms with E-state index in [0.29, 0.717) is 25.3 Å². The minimum Gasteiger partial charge on any atom is -0.378 e. The average Bonchev–Trinajstić information content (AvgIpc) is 2.42. The van der Waals surface area contributed by atoms with Crippen molar-refractivity contribution in [2.24, 2.45) is 0 Å². The molecule has 20 heavy (non-hydrogen) atoms. The van der Waals surface area contributed by atoms with Crippen molar-refractivity contribution in [3.8, 4) is 0 Å². The number of hydrogen-bond acceptors (Lipinski definition) is 3. The van der Waals surface area contributed by atoms with Gasteiger partial charge < -0.3 is 15.4 Å². The minimum atomic E-state index is -0.919. The van der Waals surface area contributed by atoms with Gasteiger partial charge in [0.1, 0.15) is 6.04 Å². The van der Waals surface area contributed by atoms with Crippen LogP contribution in [0.2, 0.25) is 0 Å². The summed E-state index contributed by atoms with van der Waals surface area (Å²) in [5.41, 5.74) is 0.518. The third-order valence-corrected chi connectivity index (χ3v) is 3.04. The van der Waals surface area contributed by atoms with E-state index >= 15 is 0 Å². The molecule has 0 aromatic heterocycles. The highest BCUT2D eigenvalue weighted by Gasteiger charge is 2.22. The lowest BCUT2D eigenvalue weighted by Crippen LogP contribution is -2.51. The molecule has 1 fully saturated rings. The Bertz CT molecular complexity index is 468. The molecule has 1 aliphatic rings. The van der Waals surface area contributed by atoms with E-state index in [1.54, 1.807) is 6.92 Å². The van der Waals surface area contributed by atoms with Gasteiger partial charge in [0.15, 0.2) is 11.6 Å². The summed E-state index contributed by atoms with van der Waals surface area (Å²) in [5.74, 6) is -2.03. The van der Waals surface area contributed by atoms with Gasteiger partial charge in [0, 0.05) is 6.54 Å². The summed E-state index contributed by atoms with van der Waals surface area (Å²) in [4.78, 5) is 11.9. The van der Waals surface area contributed by atoms with E-state index in [-0.39, 0.29) is 18.3 Å². The predicted molar refractivity (Wildman–Crippen MR) is 72.8 cm³/mol. The Balaban J connectivity index is 0.00000200. The summed E-state index contributed by atoms with van der Waals surface area (Å²) >= 11 is 0. The van der Waals surface area contributed by atoms with Crippen LogP contribution < -0.4 is 10.6 Å². The van der Waals surface area contributed by atoms with Crippen molar-refractivity contribution in [3.05, 3.63) is 35.4 Å². The van der Waals surface area contributed by atoms with E-state index < -0.39 is 23.7 Å². The predicted octanol–water partition coefficient (Wildman–Crippen LogP) is 1.55. The fraction of sp³-hybridized carbons (Fsp3) is 0.462. The molecular weight excluding hydrogens is 290 g/mol. The highest BCUT2D eigenvalue weighted by atomic mass is 35.5. The fourth-order valence-corrected chi connectivity index (χ4v) is 1.91. The van der Waals surface area contributed by atoms with Gasteiger partial charge in [-0.15, -0.1) is 12.4 Å². The normalized spacial score (nSPS) is 19.9. The molecular formula is C13H17ClF2N2O2. The van der Waals surface area contributed by atoms with Crippen molar-refractivity contribution >= 4 is 18.3 Å². The SMILES string of the molecule is CC(NC(=O)C1COCCN1)c1ccc(F)c(F)c1.Cl. The summed E-state index contributed by atoms with van der Waals surface area (Å²) in [6, 6.07) is 2.79. The van der Waals surface area contributed by atoms with Gasteiger partial charge in [0.25, 0.3) is 0 Å².